The minimum Gasteiger partial charge on any atom is -0.332 e. The zero-order chi connectivity index (χ0) is 11.2. The summed E-state index contributed by atoms with van der Waals surface area (Å²) in [4.78, 5) is 0. The summed E-state index contributed by atoms with van der Waals surface area (Å²) < 4.78 is 0. The number of nitrogens with one attached hydrogen (secondary N) is 2. The molecule has 0 atom stereocenters. The molecule has 0 bridgehead atoms. The maximum atomic E-state index is 5.20. The minimum absolute atomic E-state index is 0. The van der Waals surface area contributed by atoms with E-state index >= 15 is 0 Å². The average molecular weight is 294 g/mol. The standard InChI is InChI=1S/C13H12N2S.Zn/c16-13(14-11-7-3-1-4-8-11)15-12-9-5-2-6-10-12;/h1-10H,(H2,14,15,16);. The average Bonchev–Trinajstić information content (AvgIpc) is 2.31. The van der Waals surface area contributed by atoms with Gasteiger partial charge in [-0.15, -0.1) is 0 Å². The largest absolute Gasteiger partial charge is 0.332 e. The quantitative estimate of drug-likeness (QED) is 0.655. The molecule has 0 saturated heterocycles. The van der Waals surface area contributed by atoms with Gasteiger partial charge in [0.15, 0.2) is 5.11 Å². The third kappa shape index (κ3) is 4.64. The third-order valence-corrected chi connectivity index (χ3v) is 2.27. The van der Waals surface area contributed by atoms with Gasteiger partial charge in [-0.3, -0.25) is 0 Å². The summed E-state index contributed by atoms with van der Waals surface area (Å²) in [6, 6.07) is 19.7. The topological polar surface area (TPSA) is 24.1 Å². The van der Waals surface area contributed by atoms with Crippen LogP contribution in [0.3, 0.4) is 0 Å². The molecule has 2 aromatic carbocycles. The van der Waals surface area contributed by atoms with E-state index in [2.05, 4.69) is 10.6 Å². The van der Waals surface area contributed by atoms with Crippen molar-refractivity contribution < 1.29 is 19.5 Å². The molecule has 82 valence electrons. The maximum absolute atomic E-state index is 5.20. The second kappa shape index (κ2) is 7.15. The predicted octanol–water partition coefficient (Wildman–Crippen LogP) is 3.49. The van der Waals surface area contributed by atoms with E-state index in [4.69, 9.17) is 12.2 Å². The number of hydrogen-bond donors (Lipinski definition) is 2. The van der Waals surface area contributed by atoms with Crippen LogP contribution in [0, 0.1) is 0 Å². The molecule has 17 heavy (non-hydrogen) atoms. The summed E-state index contributed by atoms with van der Waals surface area (Å²) in [5, 5.41) is 6.82. The van der Waals surface area contributed by atoms with Crippen molar-refractivity contribution in [1.82, 2.24) is 0 Å². The van der Waals surface area contributed by atoms with E-state index < -0.39 is 0 Å². The molecule has 2 N–H and O–H groups in total. The fourth-order valence-electron chi connectivity index (χ4n) is 1.34. The molecule has 0 aliphatic carbocycles. The summed E-state index contributed by atoms with van der Waals surface area (Å²) >= 11 is 5.20. The minimum atomic E-state index is 0. The fraction of sp³-hybridized carbons (Fsp3) is 0. The van der Waals surface area contributed by atoms with E-state index in [1.54, 1.807) is 0 Å². The van der Waals surface area contributed by atoms with Gasteiger partial charge in [-0.25, -0.2) is 0 Å². The van der Waals surface area contributed by atoms with E-state index in [1.165, 1.54) is 0 Å². The maximum Gasteiger partial charge on any atom is 0.175 e. The first-order valence-corrected chi connectivity index (χ1v) is 5.43. The van der Waals surface area contributed by atoms with Crippen LogP contribution in [0.25, 0.3) is 0 Å². The van der Waals surface area contributed by atoms with E-state index in [0.29, 0.717) is 5.11 Å². The van der Waals surface area contributed by atoms with Gasteiger partial charge in [0, 0.05) is 30.9 Å². The fourth-order valence-corrected chi connectivity index (χ4v) is 1.57. The van der Waals surface area contributed by atoms with Crippen LogP contribution in [0.2, 0.25) is 0 Å². The summed E-state index contributed by atoms with van der Waals surface area (Å²) in [7, 11) is 0. The summed E-state index contributed by atoms with van der Waals surface area (Å²) in [6.45, 7) is 0. The molecule has 0 amide bonds. The van der Waals surface area contributed by atoms with Gasteiger partial charge in [-0.2, -0.15) is 0 Å². The second-order valence-corrected chi connectivity index (χ2v) is 3.72. The Bertz CT molecular complexity index is 416. The molecule has 0 spiro atoms. The van der Waals surface area contributed by atoms with Crippen LogP contribution in [0.4, 0.5) is 11.4 Å². The molecular formula is C13H12N2SZn. The Labute approximate surface area is 119 Å². The van der Waals surface area contributed by atoms with E-state index in [1.807, 2.05) is 60.7 Å². The summed E-state index contributed by atoms with van der Waals surface area (Å²) in [5.41, 5.74) is 1.96. The number of thiocarbonyl (C=S) groups is 1. The predicted molar refractivity (Wildman–Crippen MR) is 72.7 cm³/mol. The first-order chi connectivity index (χ1) is 7.84. The molecule has 2 aromatic rings. The Hall–Kier alpha value is -1.25. The van der Waals surface area contributed by atoms with E-state index in [-0.39, 0.29) is 19.5 Å². The SMILES string of the molecule is S=C(Nc1ccccc1)Nc1ccccc1.[Zn]. The Morgan fingerprint density at radius 3 is 1.41 bits per heavy atom. The number of anilines is 2. The molecule has 0 aromatic heterocycles. The van der Waals surface area contributed by atoms with Crippen molar-refractivity contribution in [1.29, 1.82) is 0 Å². The molecule has 0 unspecified atom stereocenters. The molecule has 2 rings (SSSR count). The van der Waals surface area contributed by atoms with Crippen molar-refractivity contribution in [2.24, 2.45) is 0 Å². The zero-order valence-electron chi connectivity index (χ0n) is 9.39. The van der Waals surface area contributed by atoms with Gasteiger partial charge < -0.3 is 10.6 Å². The molecule has 0 aliphatic rings. The van der Waals surface area contributed by atoms with Crippen LogP contribution in [-0.4, -0.2) is 5.11 Å². The van der Waals surface area contributed by atoms with Gasteiger partial charge in [0.2, 0.25) is 0 Å². The molecule has 0 heterocycles. The molecule has 0 saturated carbocycles. The van der Waals surface area contributed by atoms with Crippen LogP contribution in [0.5, 0.6) is 0 Å². The van der Waals surface area contributed by atoms with Crippen molar-refractivity contribution in [3.63, 3.8) is 0 Å². The van der Waals surface area contributed by atoms with Crippen LogP contribution >= 0.6 is 12.2 Å². The van der Waals surface area contributed by atoms with Crippen LogP contribution in [-0.2, 0) is 19.5 Å². The van der Waals surface area contributed by atoms with Gasteiger partial charge in [-0.05, 0) is 36.5 Å². The van der Waals surface area contributed by atoms with Crippen molar-refractivity contribution >= 4 is 28.7 Å². The first-order valence-electron chi connectivity index (χ1n) is 5.03. The Morgan fingerprint density at radius 2 is 1.06 bits per heavy atom. The van der Waals surface area contributed by atoms with Crippen LogP contribution < -0.4 is 10.6 Å². The number of rotatable bonds is 2. The first kappa shape index (κ1) is 13.8. The summed E-state index contributed by atoms with van der Waals surface area (Å²) in [5.74, 6) is 0. The van der Waals surface area contributed by atoms with Crippen molar-refractivity contribution in [3.8, 4) is 0 Å². The van der Waals surface area contributed by atoms with E-state index in [9.17, 15) is 0 Å². The van der Waals surface area contributed by atoms with Gasteiger partial charge in [-0.1, -0.05) is 36.4 Å². The number of benzene rings is 2. The molecule has 0 aliphatic heterocycles. The van der Waals surface area contributed by atoms with Crippen molar-refractivity contribution in [2.75, 3.05) is 10.6 Å². The summed E-state index contributed by atoms with van der Waals surface area (Å²) in [6.07, 6.45) is 0. The smallest absolute Gasteiger partial charge is 0.175 e. The zero-order valence-corrected chi connectivity index (χ0v) is 13.2. The van der Waals surface area contributed by atoms with E-state index in [0.717, 1.165) is 11.4 Å². The van der Waals surface area contributed by atoms with Gasteiger partial charge in [0.05, 0.1) is 0 Å². The van der Waals surface area contributed by atoms with Gasteiger partial charge in [0.1, 0.15) is 0 Å². The monoisotopic (exact) mass is 292 g/mol. The van der Waals surface area contributed by atoms with Crippen molar-refractivity contribution in [2.45, 2.75) is 0 Å². The Kier molecular flexibility index (Phi) is 5.81. The number of hydrogen-bond acceptors (Lipinski definition) is 1. The second-order valence-electron chi connectivity index (χ2n) is 3.31. The van der Waals surface area contributed by atoms with Crippen molar-refractivity contribution in [3.05, 3.63) is 60.7 Å². The Morgan fingerprint density at radius 1 is 0.706 bits per heavy atom. The number of para-hydroxylation sites is 2. The van der Waals surface area contributed by atoms with Gasteiger partial charge >= 0.3 is 0 Å². The van der Waals surface area contributed by atoms with Gasteiger partial charge in [0.25, 0.3) is 0 Å². The molecule has 4 heteroatoms. The molecule has 0 fully saturated rings. The van der Waals surface area contributed by atoms with Crippen LogP contribution in [0.15, 0.2) is 60.7 Å². The van der Waals surface area contributed by atoms with Crippen LogP contribution in [0.1, 0.15) is 0 Å². The third-order valence-electron chi connectivity index (χ3n) is 2.06. The normalized spacial score (nSPS) is 8.94. The molecule has 0 radical (unpaired) electrons. The molecular weight excluding hydrogens is 282 g/mol. The molecule has 2 nitrogen and oxygen atoms in total. The Balaban J connectivity index is 0.00000144.